The number of nitriles is 1. The average molecular weight is 370 g/mol. The van der Waals surface area contributed by atoms with Gasteiger partial charge in [0.25, 0.3) is 5.91 Å². The zero-order chi connectivity index (χ0) is 19.2. The van der Waals surface area contributed by atoms with Gasteiger partial charge in [-0.15, -0.1) is 10.2 Å². The van der Waals surface area contributed by atoms with Crippen LogP contribution in [0.15, 0.2) is 18.5 Å². The Morgan fingerprint density at radius 2 is 2.30 bits per heavy atom. The molecule has 1 fully saturated rings. The van der Waals surface area contributed by atoms with Crippen LogP contribution in [0.5, 0.6) is 5.75 Å². The first-order valence-corrected chi connectivity index (χ1v) is 8.15. The van der Waals surface area contributed by atoms with E-state index in [2.05, 4.69) is 30.4 Å². The maximum atomic E-state index is 11.6. The summed E-state index contributed by atoms with van der Waals surface area (Å²) in [5.41, 5.74) is 5.46. The van der Waals surface area contributed by atoms with Crippen molar-refractivity contribution in [3.05, 3.63) is 29.8 Å². The van der Waals surface area contributed by atoms with Gasteiger partial charge in [-0.05, 0) is 7.05 Å². The molecule has 11 nitrogen and oxygen atoms in total. The van der Waals surface area contributed by atoms with Crippen LogP contribution >= 0.6 is 0 Å². The first kappa shape index (κ1) is 18.4. The maximum Gasteiger partial charge on any atom is 0.273 e. The molecule has 1 saturated heterocycles. The summed E-state index contributed by atoms with van der Waals surface area (Å²) in [7, 11) is 2.00. The summed E-state index contributed by atoms with van der Waals surface area (Å²) in [6, 6.07) is 3.38. The van der Waals surface area contributed by atoms with Gasteiger partial charge >= 0.3 is 0 Å². The first-order valence-electron chi connectivity index (χ1n) is 8.15. The predicted molar refractivity (Wildman–Crippen MR) is 93.3 cm³/mol. The van der Waals surface area contributed by atoms with Crippen molar-refractivity contribution in [3.8, 4) is 11.8 Å². The van der Waals surface area contributed by atoms with Crippen molar-refractivity contribution >= 4 is 17.5 Å². The zero-order valence-corrected chi connectivity index (χ0v) is 14.6. The van der Waals surface area contributed by atoms with Gasteiger partial charge < -0.3 is 25.4 Å². The Bertz CT molecular complexity index is 852. The van der Waals surface area contributed by atoms with E-state index in [1.165, 1.54) is 18.5 Å². The third kappa shape index (κ3) is 4.84. The molecule has 1 aliphatic rings. The van der Waals surface area contributed by atoms with E-state index in [1.54, 1.807) is 0 Å². The van der Waals surface area contributed by atoms with E-state index in [4.69, 9.17) is 20.5 Å². The third-order valence-corrected chi connectivity index (χ3v) is 3.78. The summed E-state index contributed by atoms with van der Waals surface area (Å²) in [6.45, 7) is 2.44. The lowest BCUT2D eigenvalue weighted by molar-refractivity contribution is -0.0405. The van der Waals surface area contributed by atoms with Crippen molar-refractivity contribution in [1.82, 2.24) is 25.1 Å². The van der Waals surface area contributed by atoms with Crippen LogP contribution in [-0.2, 0) is 4.74 Å². The van der Waals surface area contributed by atoms with Crippen molar-refractivity contribution in [3.63, 3.8) is 0 Å². The lowest BCUT2D eigenvalue weighted by atomic mass is 10.3. The molecule has 0 aromatic carbocycles. The van der Waals surface area contributed by atoms with Gasteiger partial charge in [0, 0.05) is 19.2 Å². The van der Waals surface area contributed by atoms with E-state index >= 15 is 0 Å². The third-order valence-electron chi connectivity index (χ3n) is 3.78. The number of carbonyl (C=O) groups is 1. The zero-order valence-electron chi connectivity index (χ0n) is 14.6. The lowest BCUT2D eigenvalue weighted by Gasteiger charge is -2.29. The second-order valence-corrected chi connectivity index (χ2v) is 5.90. The Hall–Kier alpha value is -3.36. The fourth-order valence-corrected chi connectivity index (χ4v) is 2.45. The number of nitrogens with zero attached hydrogens (tertiary/aromatic N) is 6. The summed E-state index contributed by atoms with van der Waals surface area (Å²) in [6.07, 6.45) is 2.58. The number of ether oxygens (including phenoxy) is 2. The number of carbonyl (C=O) groups excluding carboxylic acids is 1. The maximum absolute atomic E-state index is 11.6. The van der Waals surface area contributed by atoms with Gasteiger partial charge in [-0.3, -0.25) is 4.79 Å². The molecule has 0 aliphatic carbocycles. The summed E-state index contributed by atoms with van der Waals surface area (Å²) >= 11 is 0. The van der Waals surface area contributed by atoms with Gasteiger partial charge in [-0.25, -0.2) is 9.97 Å². The number of morpholine rings is 1. The van der Waals surface area contributed by atoms with Crippen LogP contribution in [0, 0.1) is 11.3 Å². The number of amides is 1. The second-order valence-electron chi connectivity index (χ2n) is 5.90. The van der Waals surface area contributed by atoms with Gasteiger partial charge in [-0.1, -0.05) is 0 Å². The Morgan fingerprint density at radius 3 is 2.96 bits per heavy atom. The van der Waals surface area contributed by atoms with Gasteiger partial charge in [0.05, 0.1) is 19.0 Å². The highest BCUT2D eigenvalue weighted by atomic mass is 16.5. The number of hydrogen-bond acceptors (Lipinski definition) is 10. The highest BCUT2D eigenvalue weighted by Gasteiger charge is 2.20. The number of hydrogen-bond donors (Lipinski definition) is 2. The van der Waals surface area contributed by atoms with Gasteiger partial charge in [0.1, 0.15) is 24.6 Å². The normalized spacial score (nSPS) is 17.1. The van der Waals surface area contributed by atoms with Crippen molar-refractivity contribution in [2.45, 2.75) is 6.10 Å². The first-order chi connectivity index (χ1) is 13.0. The molecule has 0 bridgehead atoms. The van der Waals surface area contributed by atoms with Crippen molar-refractivity contribution in [2.24, 2.45) is 5.73 Å². The van der Waals surface area contributed by atoms with Gasteiger partial charge in [0.15, 0.2) is 23.0 Å². The topological polar surface area (TPSA) is 152 Å². The predicted octanol–water partition coefficient (Wildman–Crippen LogP) is -0.310. The van der Waals surface area contributed by atoms with Crippen LogP contribution in [0.2, 0.25) is 0 Å². The quantitative estimate of drug-likeness (QED) is 0.692. The SMILES string of the molecule is CN1CCO[C@H](COc2cc(Nc3cnc(C#N)cn3)nnc2C(N)=O)C1. The second kappa shape index (κ2) is 8.35. The van der Waals surface area contributed by atoms with Crippen LogP contribution in [0.25, 0.3) is 0 Å². The van der Waals surface area contributed by atoms with Crippen molar-refractivity contribution in [2.75, 3.05) is 38.7 Å². The number of nitrogens with one attached hydrogen (secondary N) is 1. The molecule has 27 heavy (non-hydrogen) atoms. The van der Waals surface area contributed by atoms with Crippen molar-refractivity contribution < 1.29 is 14.3 Å². The summed E-state index contributed by atoms with van der Waals surface area (Å²) < 4.78 is 11.4. The van der Waals surface area contributed by atoms with Crippen LogP contribution in [0.3, 0.4) is 0 Å². The Kier molecular flexibility index (Phi) is 5.70. The molecule has 3 rings (SSSR count). The van der Waals surface area contributed by atoms with Crippen molar-refractivity contribution in [1.29, 1.82) is 5.26 Å². The number of nitrogens with two attached hydrogens (primary N) is 1. The lowest BCUT2D eigenvalue weighted by Crippen LogP contribution is -2.42. The molecular formula is C16H18N8O3. The Morgan fingerprint density at radius 1 is 1.44 bits per heavy atom. The number of likely N-dealkylation sites (N-methyl/N-ethyl adjacent to an activating group) is 1. The molecular weight excluding hydrogens is 352 g/mol. The van der Waals surface area contributed by atoms with E-state index in [1.807, 2.05) is 13.1 Å². The van der Waals surface area contributed by atoms with Gasteiger partial charge in [-0.2, -0.15) is 5.26 Å². The number of anilines is 2. The van der Waals surface area contributed by atoms with Crippen LogP contribution in [-0.4, -0.2) is 70.4 Å². The molecule has 3 N–H and O–H groups in total. The number of rotatable bonds is 6. The van der Waals surface area contributed by atoms with Crippen LogP contribution in [0.4, 0.5) is 11.6 Å². The van der Waals surface area contributed by atoms with Crippen LogP contribution < -0.4 is 15.8 Å². The Labute approximate surface area is 155 Å². The minimum absolute atomic E-state index is 0.0735. The molecule has 0 radical (unpaired) electrons. The molecule has 11 heteroatoms. The van der Waals surface area contributed by atoms with Crippen LogP contribution in [0.1, 0.15) is 16.2 Å². The minimum atomic E-state index is -0.746. The molecule has 1 amide bonds. The standard InChI is InChI=1S/C16H18N8O3/c1-24-2-3-26-11(8-24)9-27-12-4-13(22-23-15(12)16(18)25)21-14-7-19-10(5-17)6-20-14/h4,6-7,11H,2-3,8-9H2,1H3,(H2,18,25)(H,20,21,22)/t11-/m0/s1. The van der Waals surface area contributed by atoms with E-state index in [0.29, 0.717) is 12.4 Å². The summed E-state index contributed by atoms with van der Waals surface area (Å²) in [5.74, 6) is 0.0938. The molecule has 140 valence electrons. The molecule has 0 spiro atoms. The van der Waals surface area contributed by atoms with Gasteiger partial charge in [0.2, 0.25) is 0 Å². The molecule has 2 aromatic rings. The Balaban J connectivity index is 1.73. The van der Waals surface area contributed by atoms with E-state index in [-0.39, 0.29) is 35.7 Å². The number of primary amides is 1. The highest BCUT2D eigenvalue weighted by molar-refractivity contribution is 5.93. The molecule has 0 saturated carbocycles. The smallest absolute Gasteiger partial charge is 0.273 e. The largest absolute Gasteiger partial charge is 0.488 e. The van der Waals surface area contributed by atoms with E-state index < -0.39 is 5.91 Å². The van der Waals surface area contributed by atoms with E-state index in [0.717, 1.165) is 13.1 Å². The molecule has 1 aliphatic heterocycles. The molecule has 2 aromatic heterocycles. The summed E-state index contributed by atoms with van der Waals surface area (Å²) in [4.78, 5) is 21.7. The minimum Gasteiger partial charge on any atom is -0.488 e. The monoisotopic (exact) mass is 370 g/mol. The van der Waals surface area contributed by atoms with E-state index in [9.17, 15) is 4.79 Å². The number of aromatic nitrogens is 4. The fourth-order valence-electron chi connectivity index (χ4n) is 2.45. The molecule has 0 unspecified atom stereocenters. The highest BCUT2D eigenvalue weighted by Crippen LogP contribution is 2.21. The fraction of sp³-hybridized carbons (Fsp3) is 0.375. The average Bonchev–Trinajstić information content (AvgIpc) is 2.67. The molecule has 1 atom stereocenters. The molecule has 3 heterocycles. The summed E-state index contributed by atoms with van der Waals surface area (Å²) in [5, 5.41) is 19.3.